The van der Waals surface area contributed by atoms with Crippen LogP contribution in [0.2, 0.25) is 0 Å². The molecule has 2 aromatic heterocycles. The van der Waals surface area contributed by atoms with Crippen LogP contribution in [0, 0.1) is 18.3 Å². The molecule has 0 aliphatic carbocycles. The van der Waals surface area contributed by atoms with Crippen LogP contribution in [0.5, 0.6) is 0 Å². The van der Waals surface area contributed by atoms with E-state index in [4.69, 9.17) is 5.26 Å². The van der Waals surface area contributed by atoms with Crippen molar-refractivity contribution >= 4 is 16.9 Å². The molecule has 0 saturated heterocycles. The fourth-order valence-corrected chi connectivity index (χ4v) is 3.43. The zero-order valence-electron chi connectivity index (χ0n) is 14.1. The second-order valence-corrected chi connectivity index (χ2v) is 6.35. The predicted molar refractivity (Wildman–Crippen MR) is 92.9 cm³/mol. The Kier molecular flexibility index (Phi) is 3.50. The van der Waals surface area contributed by atoms with Crippen LogP contribution in [0.1, 0.15) is 46.0 Å². The molecule has 0 fully saturated rings. The maximum Gasteiger partial charge on any atom is 0.290 e. The molecular formula is C19H17N5O. The van der Waals surface area contributed by atoms with Gasteiger partial charge in [0.05, 0.1) is 28.7 Å². The first-order chi connectivity index (χ1) is 12.1. The molecule has 1 aliphatic heterocycles. The molecule has 25 heavy (non-hydrogen) atoms. The van der Waals surface area contributed by atoms with Gasteiger partial charge in [-0.1, -0.05) is 6.07 Å². The van der Waals surface area contributed by atoms with Crippen molar-refractivity contribution in [2.75, 3.05) is 6.54 Å². The maximum atomic E-state index is 13.0. The van der Waals surface area contributed by atoms with Gasteiger partial charge in [-0.05, 0) is 43.2 Å². The van der Waals surface area contributed by atoms with E-state index in [0.29, 0.717) is 23.4 Å². The second kappa shape index (κ2) is 5.71. The van der Waals surface area contributed by atoms with Crippen molar-refractivity contribution in [1.82, 2.24) is 19.9 Å². The number of benzene rings is 1. The van der Waals surface area contributed by atoms with Gasteiger partial charge in [-0.2, -0.15) is 5.26 Å². The van der Waals surface area contributed by atoms with Crippen LogP contribution in [0.3, 0.4) is 0 Å². The number of amides is 1. The molecule has 3 aromatic rings. The summed E-state index contributed by atoms with van der Waals surface area (Å²) in [5.41, 5.74) is 4.98. The number of aromatic nitrogens is 3. The zero-order valence-corrected chi connectivity index (χ0v) is 14.1. The third-order valence-electron chi connectivity index (χ3n) is 4.84. The number of H-pyrrole nitrogens is 1. The molecule has 124 valence electrons. The highest BCUT2D eigenvalue weighted by Crippen LogP contribution is 2.29. The minimum absolute atomic E-state index is 0.0467. The van der Waals surface area contributed by atoms with Gasteiger partial charge in [-0.15, -0.1) is 0 Å². The van der Waals surface area contributed by atoms with Gasteiger partial charge in [0.1, 0.15) is 0 Å². The molecule has 1 amide bonds. The molecule has 1 aliphatic rings. The van der Waals surface area contributed by atoms with E-state index < -0.39 is 0 Å². The average Bonchev–Trinajstić information content (AvgIpc) is 3.03. The van der Waals surface area contributed by atoms with Crippen LogP contribution >= 0.6 is 0 Å². The third-order valence-corrected chi connectivity index (χ3v) is 4.84. The zero-order chi connectivity index (χ0) is 17.6. The lowest BCUT2D eigenvalue weighted by Crippen LogP contribution is -2.39. The Morgan fingerprint density at radius 3 is 3.08 bits per heavy atom. The number of pyridine rings is 1. The van der Waals surface area contributed by atoms with Crippen LogP contribution < -0.4 is 0 Å². The number of nitriles is 1. The number of hydrogen-bond donors (Lipinski definition) is 1. The summed E-state index contributed by atoms with van der Waals surface area (Å²) in [4.78, 5) is 26.7. The molecule has 1 atom stereocenters. The smallest absolute Gasteiger partial charge is 0.290 e. The van der Waals surface area contributed by atoms with Crippen molar-refractivity contribution in [2.45, 2.75) is 26.3 Å². The van der Waals surface area contributed by atoms with E-state index >= 15 is 0 Å². The lowest BCUT2D eigenvalue weighted by molar-refractivity contribution is 0.0665. The summed E-state index contributed by atoms with van der Waals surface area (Å²) >= 11 is 0. The van der Waals surface area contributed by atoms with Gasteiger partial charge in [-0.25, -0.2) is 4.98 Å². The topological polar surface area (TPSA) is 85.7 Å². The highest BCUT2D eigenvalue weighted by Gasteiger charge is 2.30. The highest BCUT2D eigenvalue weighted by atomic mass is 16.2. The fraction of sp³-hybridized carbons (Fsp3) is 0.263. The summed E-state index contributed by atoms with van der Waals surface area (Å²) in [7, 11) is 0. The number of imidazole rings is 1. The first-order valence-electron chi connectivity index (χ1n) is 8.23. The Morgan fingerprint density at radius 1 is 1.44 bits per heavy atom. The Morgan fingerprint density at radius 2 is 2.28 bits per heavy atom. The number of rotatable bonds is 1. The number of nitrogens with one attached hydrogen (secondary N) is 1. The molecule has 1 N–H and O–H groups in total. The Hall–Kier alpha value is -3.20. The van der Waals surface area contributed by atoms with E-state index in [1.165, 1.54) is 0 Å². The standard InChI is InChI=1S/C19H17N5O/c1-11-8-16-17(9-13(11)10-20)23-18(22-16)19(25)24-7-5-15-14(12(24)2)4-3-6-21-15/h3-4,6,8-9,12H,5,7H2,1-2H3,(H,22,23)/t12-/m1/s1. The molecule has 6 heteroatoms. The van der Waals surface area contributed by atoms with Gasteiger partial charge < -0.3 is 9.88 Å². The van der Waals surface area contributed by atoms with E-state index in [1.54, 1.807) is 12.3 Å². The number of fused-ring (bicyclic) bond motifs is 2. The first kappa shape index (κ1) is 15.3. The molecule has 4 rings (SSSR count). The van der Waals surface area contributed by atoms with Crippen molar-refractivity contribution in [3.8, 4) is 6.07 Å². The van der Waals surface area contributed by atoms with Crippen molar-refractivity contribution in [1.29, 1.82) is 5.26 Å². The number of hydrogen-bond acceptors (Lipinski definition) is 4. The molecule has 0 bridgehead atoms. The SMILES string of the molecule is Cc1cc2[nH]c(C(=O)N3CCc4ncccc4[C@H]3C)nc2cc1C#N. The van der Waals surface area contributed by atoms with Gasteiger partial charge in [0.25, 0.3) is 5.91 Å². The van der Waals surface area contributed by atoms with Gasteiger partial charge in [0.15, 0.2) is 5.82 Å². The Bertz CT molecular complexity index is 1030. The van der Waals surface area contributed by atoms with Crippen molar-refractivity contribution in [2.24, 2.45) is 0 Å². The minimum Gasteiger partial charge on any atom is -0.334 e. The molecule has 6 nitrogen and oxygen atoms in total. The Balaban J connectivity index is 1.70. The summed E-state index contributed by atoms with van der Waals surface area (Å²) in [5, 5.41) is 9.16. The van der Waals surface area contributed by atoms with Crippen LogP contribution in [0.4, 0.5) is 0 Å². The molecule has 3 heterocycles. The summed E-state index contributed by atoms with van der Waals surface area (Å²) in [6.45, 7) is 4.50. The summed E-state index contributed by atoms with van der Waals surface area (Å²) in [6.07, 6.45) is 2.53. The summed E-state index contributed by atoms with van der Waals surface area (Å²) in [6, 6.07) is 9.60. The van der Waals surface area contributed by atoms with E-state index in [0.717, 1.165) is 28.8 Å². The molecule has 0 saturated carbocycles. The molecule has 0 radical (unpaired) electrons. The molecule has 1 aromatic carbocycles. The van der Waals surface area contributed by atoms with Crippen LogP contribution in [0.15, 0.2) is 30.5 Å². The fourth-order valence-electron chi connectivity index (χ4n) is 3.43. The van der Waals surface area contributed by atoms with Gasteiger partial charge in [0.2, 0.25) is 0 Å². The van der Waals surface area contributed by atoms with E-state index in [9.17, 15) is 4.79 Å². The van der Waals surface area contributed by atoms with Crippen LogP contribution in [-0.4, -0.2) is 32.3 Å². The number of carbonyl (C=O) groups is 1. The van der Waals surface area contributed by atoms with Gasteiger partial charge >= 0.3 is 0 Å². The van der Waals surface area contributed by atoms with Crippen molar-refractivity contribution in [3.05, 3.63) is 58.7 Å². The number of aromatic amines is 1. The summed E-state index contributed by atoms with van der Waals surface area (Å²) < 4.78 is 0. The van der Waals surface area contributed by atoms with E-state index in [1.807, 2.05) is 36.9 Å². The van der Waals surface area contributed by atoms with E-state index in [2.05, 4.69) is 21.0 Å². The van der Waals surface area contributed by atoms with Gasteiger partial charge in [-0.3, -0.25) is 9.78 Å². The first-order valence-corrected chi connectivity index (χ1v) is 8.23. The normalized spacial score (nSPS) is 16.5. The second-order valence-electron chi connectivity index (χ2n) is 6.35. The van der Waals surface area contributed by atoms with Crippen LogP contribution in [0.25, 0.3) is 11.0 Å². The van der Waals surface area contributed by atoms with Gasteiger partial charge in [0, 0.05) is 24.9 Å². The number of nitrogens with zero attached hydrogens (tertiary/aromatic N) is 4. The molecule has 0 unspecified atom stereocenters. The number of aryl methyl sites for hydroxylation is 1. The van der Waals surface area contributed by atoms with Crippen molar-refractivity contribution in [3.63, 3.8) is 0 Å². The number of carbonyl (C=O) groups excluding carboxylic acids is 1. The summed E-state index contributed by atoms with van der Waals surface area (Å²) in [5.74, 6) is 0.179. The van der Waals surface area contributed by atoms with Crippen molar-refractivity contribution < 1.29 is 4.79 Å². The predicted octanol–water partition coefficient (Wildman–Crippen LogP) is 2.90. The third kappa shape index (κ3) is 2.45. The maximum absolute atomic E-state index is 13.0. The largest absolute Gasteiger partial charge is 0.334 e. The lowest BCUT2D eigenvalue weighted by Gasteiger charge is -2.34. The Labute approximate surface area is 145 Å². The lowest BCUT2D eigenvalue weighted by atomic mass is 9.98. The quantitative estimate of drug-likeness (QED) is 0.743. The monoisotopic (exact) mass is 331 g/mol. The average molecular weight is 331 g/mol. The highest BCUT2D eigenvalue weighted by molar-refractivity contribution is 5.95. The molecular weight excluding hydrogens is 314 g/mol. The molecule has 0 spiro atoms. The van der Waals surface area contributed by atoms with Crippen LogP contribution in [-0.2, 0) is 6.42 Å². The van der Waals surface area contributed by atoms with E-state index in [-0.39, 0.29) is 11.9 Å². The minimum atomic E-state index is -0.130.